The minimum Gasteiger partial charge on any atom is -0.324 e. The lowest BCUT2D eigenvalue weighted by molar-refractivity contribution is 0.614. The van der Waals surface area contributed by atoms with Gasteiger partial charge in [-0.25, -0.2) is 14.1 Å². The van der Waals surface area contributed by atoms with Crippen LogP contribution in [0, 0.1) is 5.82 Å². The van der Waals surface area contributed by atoms with Gasteiger partial charge in [0.05, 0.1) is 36.6 Å². The largest absolute Gasteiger partial charge is 0.324 e. The molecule has 2 aromatic heterocycles. The fourth-order valence-corrected chi connectivity index (χ4v) is 2.62. The Bertz CT molecular complexity index is 956. The number of imidazole rings is 1. The van der Waals surface area contributed by atoms with E-state index in [0.717, 1.165) is 22.3 Å². The summed E-state index contributed by atoms with van der Waals surface area (Å²) in [5, 5.41) is 8.30. The van der Waals surface area contributed by atoms with E-state index in [9.17, 15) is 4.39 Å². The SMILES string of the molecule is Fc1cccc(Cn2cc(Cn3cnc4ccccc43)nn2)c1. The monoisotopic (exact) mass is 307 g/mol. The predicted octanol–water partition coefficient (Wildman–Crippen LogP) is 2.86. The van der Waals surface area contributed by atoms with E-state index in [0.29, 0.717) is 13.1 Å². The first-order valence-corrected chi connectivity index (χ1v) is 7.31. The van der Waals surface area contributed by atoms with Gasteiger partial charge in [-0.2, -0.15) is 0 Å². The van der Waals surface area contributed by atoms with Gasteiger partial charge < -0.3 is 4.57 Å². The van der Waals surface area contributed by atoms with Crippen molar-refractivity contribution in [2.45, 2.75) is 13.1 Å². The number of hydrogen-bond donors (Lipinski definition) is 0. The number of benzene rings is 2. The Hall–Kier alpha value is -3.02. The molecule has 0 atom stereocenters. The van der Waals surface area contributed by atoms with E-state index in [1.807, 2.05) is 41.1 Å². The van der Waals surface area contributed by atoms with Gasteiger partial charge in [-0.05, 0) is 29.8 Å². The van der Waals surface area contributed by atoms with Gasteiger partial charge in [0.1, 0.15) is 11.5 Å². The normalized spacial score (nSPS) is 11.2. The van der Waals surface area contributed by atoms with Gasteiger partial charge in [0, 0.05) is 0 Å². The third-order valence-electron chi connectivity index (χ3n) is 3.68. The lowest BCUT2D eigenvalue weighted by Gasteiger charge is -2.01. The van der Waals surface area contributed by atoms with Crippen LogP contribution < -0.4 is 0 Å². The summed E-state index contributed by atoms with van der Waals surface area (Å²) in [7, 11) is 0. The molecular weight excluding hydrogens is 293 g/mol. The summed E-state index contributed by atoms with van der Waals surface area (Å²) in [6, 6.07) is 14.5. The average Bonchev–Trinajstić information content (AvgIpc) is 3.16. The molecule has 0 unspecified atom stereocenters. The Morgan fingerprint density at radius 3 is 2.83 bits per heavy atom. The summed E-state index contributed by atoms with van der Waals surface area (Å²) < 4.78 is 17.0. The first-order chi connectivity index (χ1) is 11.3. The van der Waals surface area contributed by atoms with Crippen LogP contribution in [0.4, 0.5) is 4.39 Å². The summed E-state index contributed by atoms with van der Waals surface area (Å²) in [5.41, 5.74) is 3.71. The molecule has 2 heterocycles. The van der Waals surface area contributed by atoms with Crippen molar-refractivity contribution in [1.29, 1.82) is 0 Å². The van der Waals surface area contributed by atoms with Crippen molar-refractivity contribution < 1.29 is 4.39 Å². The molecule has 0 amide bonds. The van der Waals surface area contributed by atoms with Crippen molar-refractivity contribution in [1.82, 2.24) is 24.5 Å². The number of aromatic nitrogens is 5. The molecule has 0 bridgehead atoms. The van der Waals surface area contributed by atoms with Crippen molar-refractivity contribution in [2.24, 2.45) is 0 Å². The summed E-state index contributed by atoms with van der Waals surface area (Å²) in [6.45, 7) is 1.10. The van der Waals surface area contributed by atoms with Crippen LogP contribution in [0.2, 0.25) is 0 Å². The Labute approximate surface area is 132 Å². The quantitative estimate of drug-likeness (QED) is 0.582. The minimum absolute atomic E-state index is 0.243. The van der Waals surface area contributed by atoms with Gasteiger partial charge in [-0.3, -0.25) is 0 Å². The molecule has 23 heavy (non-hydrogen) atoms. The Morgan fingerprint density at radius 1 is 1.00 bits per heavy atom. The van der Waals surface area contributed by atoms with E-state index >= 15 is 0 Å². The second-order valence-electron chi connectivity index (χ2n) is 5.40. The lowest BCUT2D eigenvalue weighted by atomic mass is 10.2. The van der Waals surface area contributed by atoms with Crippen LogP contribution in [-0.4, -0.2) is 24.5 Å². The standard InChI is InChI=1S/C17H14FN5/c18-14-5-3-4-13(8-14)9-23-11-15(20-21-23)10-22-12-19-16-6-1-2-7-17(16)22/h1-8,11-12H,9-10H2. The number of para-hydroxylation sites is 2. The first kappa shape index (κ1) is 13.6. The number of hydrogen-bond acceptors (Lipinski definition) is 3. The zero-order valence-corrected chi connectivity index (χ0v) is 12.3. The summed E-state index contributed by atoms with van der Waals surface area (Å²) in [4.78, 5) is 4.37. The van der Waals surface area contributed by atoms with Gasteiger partial charge >= 0.3 is 0 Å². The first-order valence-electron chi connectivity index (χ1n) is 7.31. The van der Waals surface area contributed by atoms with Gasteiger partial charge in [-0.1, -0.05) is 29.5 Å². The maximum Gasteiger partial charge on any atom is 0.123 e. The molecule has 0 saturated heterocycles. The van der Waals surface area contributed by atoms with Gasteiger partial charge in [0.25, 0.3) is 0 Å². The number of rotatable bonds is 4. The van der Waals surface area contributed by atoms with E-state index in [4.69, 9.17) is 0 Å². The molecule has 0 aliphatic rings. The van der Waals surface area contributed by atoms with Crippen molar-refractivity contribution in [3.63, 3.8) is 0 Å². The fraction of sp³-hybridized carbons (Fsp3) is 0.118. The highest BCUT2D eigenvalue weighted by Gasteiger charge is 2.06. The van der Waals surface area contributed by atoms with E-state index in [1.165, 1.54) is 12.1 Å². The Morgan fingerprint density at radius 2 is 1.91 bits per heavy atom. The highest BCUT2D eigenvalue weighted by atomic mass is 19.1. The molecule has 0 spiro atoms. The van der Waals surface area contributed by atoms with E-state index < -0.39 is 0 Å². The van der Waals surface area contributed by atoms with Crippen LogP contribution in [0.5, 0.6) is 0 Å². The van der Waals surface area contributed by atoms with Crippen molar-refractivity contribution in [3.05, 3.63) is 78.1 Å². The zero-order chi connectivity index (χ0) is 15.6. The molecule has 114 valence electrons. The van der Waals surface area contributed by atoms with Crippen LogP contribution in [0.3, 0.4) is 0 Å². The molecule has 5 nitrogen and oxygen atoms in total. The van der Waals surface area contributed by atoms with Crippen molar-refractivity contribution in [3.8, 4) is 0 Å². The lowest BCUT2D eigenvalue weighted by Crippen LogP contribution is -2.00. The number of fused-ring (bicyclic) bond motifs is 1. The number of halogens is 1. The van der Waals surface area contributed by atoms with Crippen molar-refractivity contribution >= 4 is 11.0 Å². The summed E-state index contributed by atoms with van der Waals surface area (Å²) in [6.07, 6.45) is 3.68. The zero-order valence-electron chi connectivity index (χ0n) is 12.3. The predicted molar refractivity (Wildman–Crippen MR) is 84.4 cm³/mol. The van der Waals surface area contributed by atoms with Gasteiger partial charge in [0.15, 0.2) is 0 Å². The average molecular weight is 307 g/mol. The van der Waals surface area contributed by atoms with Crippen molar-refractivity contribution in [2.75, 3.05) is 0 Å². The molecule has 6 heteroatoms. The molecule has 0 aliphatic heterocycles. The second kappa shape index (κ2) is 5.64. The van der Waals surface area contributed by atoms with Crippen LogP contribution in [0.25, 0.3) is 11.0 Å². The van der Waals surface area contributed by atoms with E-state index in [2.05, 4.69) is 15.3 Å². The third kappa shape index (κ3) is 2.83. The molecule has 0 radical (unpaired) electrons. The maximum atomic E-state index is 13.2. The third-order valence-corrected chi connectivity index (χ3v) is 3.68. The minimum atomic E-state index is -0.243. The Balaban J connectivity index is 1.54. The summed E-state index contributed by atoms with van der Waals surface area (Å²) in [5.74, 6) is -0.243. The molecule has 2 aromatic carbocycles. The highest BCUT2D eigenvalue weighted by Crippen LogP contribution is 2.13. The molecular formula is C17H14FN5. The molecule has 0 aliphatic carbocycles. The topological polar surface area (TPSA) is 48.5 Å². The molecule has 4 rings (SSSR count). The second-order valence-corrected chi connectivity index (χ2v) is 5.40. The molecule has 0 N–H and O–H groups in total. The van der Waals surface area contributed by atoms with E-state index in [-0.39, 0.29) is 5.82 Å². The van der Waals surface area contributed by atoms with Gasteiger partial charge in [0.2, 0.25) is 0 Å². The fourth-order valence-electron chi connectivity index (χ4n) is 2.62. The van der Waals surface area contributed by atoms with Crippen LogP contribution in [-0.2, 0) is 13.1 Å². The van der Waals surface area contributed by atoms with Crippen LogP contribution >= 0.6 is 0 Å². The van der Waals surface area contributed by atoms with E-state index in [1.54, 1.807) is 17.1 Å². The summed E-state index contributed by atoms with van der Waals surface area (Å²) >= 11 is 0. The molecule has 4 aromatic rings. The Kier molecular flexibility index (Phi) is 3.34. The molecule has 0 fully saturated rings. The highest BCUT2D eigenvalue weighted by molar-refractivity contribution is 5.74. The number of nitrogens with zero attached hydrogens (tertiary/aromatic N) is 5. The van der Waals surface area contributed by atoms with Gasteiger partial charge in [-0.15, -0.1) is 5.10 Å². The maximum absolute atomic E-state index is 13.2. The van der Waals surface area contributed by atoms with Crippen LogP contribution in [0.1, 0.15) is 11.3 Å². The van der Waals surface area contributed by atoms with Crippen LogP contribution in [0.15, 0.2) is 61.1 Å². The smallest absolute Gasteiger partial charge is 0.123 e. The molecule has 0 saturated carbocycles.